The lowest BCUT2D eigenvalue weighted by atomic mass is 10.3. The minimum Gasteiger partial charge on any atom is -0.389 e. The van der Waals surface area contributed by atoms with Crippen LogP contribution in [-0.2, 0) is 24.9 Å². The molecular formula is C14H21N3O2S. The number of hydrogen-bond acceptors (Lipinski definition) is 5. The van der Waals surface area contributed by atoms with Gasteiger partial charge >= 0.3 is 0 Å². The molecule has 0 unspecified atom stereocenters. The van der Waals surface area contributed by atoms with Gasteiger partial charge in [-0.2, -0.15) is 5.10 Å². The predicted octanol–water partition coefficient (Wildman–Crippen LogP) is 1.49. The van der Waals surface area contributed by atoms with E-state index in [1.54, 1.807) is 16.0 Å². The predicted molar refractivity (Wildman–Crippen MR) is 79.5 cm³/mol. The quantitative estimate of drug-likeness (QED) is 0.802. The van der Waals surface area contributed by atoms with Crippen molar-refractivity contribution in [1.82, 2.24) is 14.7 Å². The number of likely N-dealkylation sites (N-methyl/N-ethyl adjacent to an activating group) is 1. The Morgan fingerprint density at radius 1 is 1.55 bits per heavy atom. The summed E-state index contributed by atoms with van der Waals surface area (Å²) in [5, 5.41) is 16.1. The third-order valence-electron chi connectivity index (χ3n) is 2.87. The summed E-state index contributed by atoms with van der Waals surface area (Å²) in [6.45, 7) is 2.28. The summed E-state index contributed by atoms with van der Waals surface area (Å²) in [6.07, 6.45) is 3.35. The van der Waals surface area contributed by atoms with Gasteiger partial charge in [0.15, 0.2) is 0 Å². The smallest absolute Gasteiger partial charge is 0.0900 e. The molecule has 6 heteroatoms. The van der Waals surface area contributed by atoms with Crippen LogP contribution in [0.2, 0.25) is 0 Å². The van der Waals surface area contributed by atoms with E-state index in [0.717, 1.165) is 12.1 Å². The van der Waals surface area contributed by atoms with Gasteiger partial charge in [0, 0.05) is 36.8 Å². The largest absolute Gasteiger partial charge is 0.389 e. The fourth-order valence-electron chi connectivity index (χ4n) is 2.03. The van der Waals surface area contributed by atoms with Crippen LogP contribution in [0.3, 0.4) is 0 Å². The fourth-order valence-corrected chi connectivity index (χ4v) is 2.67. The highest BCUT2D eigenvalue weighted by Crippen LogP contribution is 2.10. The molecule has 2 rings (SSSR count). The highest BCUT2D eigenvalue weighted by atomic mass is 32.1. The van der Waals surface area contributed by atoms with Crippen molar-refractivity contribution in [2.24, 2.45) is 7.05 Å². The van der Waals surface area contributed by atoms with Crippen LogP contribution in [0.15, 0.2) is 29.9 Å². The summed E-state index contributed by atoms with van der Waals surface area (Å²) in [4.78, 5) is 3.25. The van der Waals surface area contributed by atoms with Crippen LogP contribution in [0.1, 0.15) is 10.4 Å². The molecule has 0 bridgehead atoms. The van der Waals surface area contributed by atoms with Gasteiger partial charge in [-0.1, -0.05) is 6.07 Å². The van der Waals surface area contributed by atoms with E-state index < -0.39 is 6.10 Å². The van der Waals surface area contributed by atoms with Crippen molar-refractivity contribution in [3.8, 4) is 0 Å². The first-order valence-electron chi connectivity index (χ1n) is 6.57. The zero-order valence-electron chi connectivity index (χ0n) is 11.9. The molecule has 2 aromatic rings. The van der Waals surface area contributed by atoms with E-state index >= 15 is 0 Å². The van der Waals surface area contributed by atoms with Gasteiger partial charge in [-0.3, -0.25) is 9.58 Å². The van der Waals surface area contributed by atoms with Gasteiger partial charge in [0.2, 0.25) is 0 Å². The lowest BCUT2D eigenvalue weighted by Gasteiger charge is -2.19. The number of nitrogens with zero attached hydrogens (tertiary/aromatic N) is 3. The molecule has 2 aromatic heterocycles. The summed E-state index contributed by atoms with van der Waals surface area (Å²) in [6, 6.07) is 4.03. The Hall–Kier alpha value is -1.21. The number of aliphatic hydroxyl groups excluding tert-OH is 1. The maximum absolute atomic E-state index is 9.95. The molecule has 0 radical (unpaired) electrons. The summed E-state index contributed by atoms with van der Waals surface area (Å²) < 4.78 is 7.29. The average Bonchev–Trinajstić information content (AvgIpc) is 3.01. The molecule has 1 N–H and O–H groups in total. The molecule has 0 fully saturated rings. The standard InChI is InChI=1S/C14H21N3O2S/c1-16(7-12-6-15-17(2)8-12)9-13(18)10-19-11-14-4-3-5-20-14/h3-6,8,13,18H,7,9-11H2,1-2H3/t13-/m0/s1. The SMILES string of the molecule is CN(Cc1cnn(C)c1)C[C@H](O)COCc1cccs1. The van der Waals surface area contributed by atoms with Crippen molar-refractivity contribution in [1.29, 1.82) is 0 Å². The van der Waals surface area contributed by atoms with Crippen molar-refractivity contribution < 1.29 is 9.84 Å². The van der Waals surface area contributed by atoms with Crippen LogP contribution >= 0.6 is 11.3 Å². The molecule has 0 saturated heterocycles. The Bertz CT molecular complexity index is 498. The van der Waals surface area contributed by atoms with Gasteiger partial charge in [-0.25, -0.2) is 0 Å². The average molecular weight is 295 g/mol. The highest BCUT2D eigenvalue weighted by molar-refractivity contribution is 7.09. The van der Waals surface area contributed by atoms with Gasteiger partial charge in [0.25, 0.3) is 0 Å². The van der Waals surface area contributed by atoms with Crippen LogP contribution in [0, 0.1) is 0 Å². The summed E-state index contributed by atoms with van der Waals surface area (Å²) >= 11 is 1.67. The van der Waals surface area contributed by atoms with Crippen LogP contribution in [0.25, 0.3) is 0 Å². The van der Waals surface area contributed by atoms with E-state index in [9.17, 15) is 5.11 Å². The highest BCUT2D eigenvalue weighted by Gasteiger charge is 2.10. The van der Waals surface area contributed by atoms with Crippen LogP contribution < -0.4 is 0 Å². The minimum absolute atomic E-state index is 0.356. The van der Waals surface area contributed by atoms with Crippen molar-refractivity contribution in [3.05, 3.63) is 40.3 Å². The van der Waals surface area contributed by atoms with E-state index in [-0.39, 0.29) is 0 Å². The monoisotopic (exact) mass is 295 g/mol. The van der Waals surface area contributed by atoms with Crippen LogP contribution in [0.5, 0.6) is 0 Å². The van der Waals surface area contributed by atoms with E-state index in [2.05, 4.69) is 10.00 Å². The molecule has 0 amide bonds. The molecule has 0 aliphatic heterocycles. The fraction of sp³-hybridized carbons (Fsp3) is 0.500. The minimum atomic E-state index is -0.475. The zero-order valence-corrected chi connectivity index (χ0v) is 12.7. The molecule has 0 spiro atoms. The van der Waals surface area contributed by atoms with Crippen LogP contribution in [-0.4, -0.2) is 46.1 Å². The topological polar surface area (TPSA) is 50.5 Å². The first kappa shape index (κ1) is 15.2. The third kappa shape index (κ3) is 5.05. The second kappa shape index (κ2) is 7.54. The lowest BCUT2D eigenvalue weighted by molar-refractivity contribution is 0.0135. The first-order chi connectivity index (χ1) is 9.63. The van der Waals surface area contributed by atoms with Gasteiger partial charge in [-0.05, 0) is 18.5 Å². The van der Waals surface area contributed by atoms with Crippen LogP contribution in [0.4, 0.5) is 0 Å². The molecular weight excluding hydrogens is 274 g/mol. The molecule has 2 heterocycles. The Labute approximate surface area is 123 Å². The zero-order chi connectivity index (χ0) is 14.4. The van der Waals surface area contributed by atoms with Crippen molar-refractivity contribution in [2.45, 2.75) is 19.3 Å². The Morgan fingerprint density at radius 2 is 2.40 bits per heavy atom. The molecule has 20 heavy (non-hydrogen) atoms. The molecule has 0 aromatic carbocycles. The molecule has 110 valence electrons. The summed E-state index contributed by atoms with van der Waals surface area (Å²) in [5.74, 6) is 0. The second-order valence-electron chi connectivity index (χ2n) is 4.97. The van der Waals surface area contributed by atoms with Crippen molar-refractivity contribution >= 4 is 11.3 Å². The number of hydrogen-bond donors (Lipinski definition) is 1. The van der Waals surface area contributed by atoms with Crippen molar-refractivity contribution in [2.75, 3.05) is 20.2 Å². The molecule has 1 atom stereocenters. The number of thiophene rings is 1. The summed E-state index contributed by atoms with van der Waals surface area (Å²) in [5.41, 5.74) is 1.14. The second-order valence-corrected chi connectivity index (χ2v) is 6.00. The number of aromatic nitrogens is 2. The number of rotatable bonds is 8. The van der Waals surface area contributed by atoms with E-state index in [0.29, 0.717) is 19.8 Å². The first-order valence-corrected chi connectivity index (χ1v) is 7.45. The van der Waals surface area contributed by atoms with E-state index in [1.807, 2.05) is 44.0 Å². The molecule has 0 aliphatic rings. The normalized spacial score (nSPS) is 13.0. The molecule has 0 saturated carbocycles. The maximum atomic E-state index is 9.95. The Balaban J connectivity index is 1.64. The van der Waals surface area contributed by atoms with E-state index in [4.69, 9.17) is 4.74 Å². The lowest BCUT2D eigenvalue weighted by Crippen LogP contribution is -2.31. The number of ether oxygens (including phenoxy) is 1. The van der Waals surface area contributed by atoms with Gasteiger partial charge in [0.05, 0.1) is 25.5 Å². The van der Waals surface area contributed by atoms with Gasteiger partial charge < -0.3 is 9.84 Å². The molecule has 0 aliphatic carbocycles. The Morgan fingerprint density at radius 3 is 3.05 bits per heavy atom. The Kier molecular flexibility index (Phi) is 5.72. The molecule has 5 nitrogen and oxygen atoms in total. The van der Waals surface area contributed by atoms with E-state index in [1.165, 1.54) is 4.88 Å². The number of aryl methyl sites for hydroxylation is 1. The van der Waals surface area contributed by atoms with Gasteiger partial charge in [0.1, 0.15) is 0 Å². The van der Waals surface area contributed by atoms with Crippen molar-refractivity contribution in [3.63, 3.8) is 0 Å². The summed E-state index contributed by atoms with van der Waals surface area (Å²) in [7, 11) is 3.88. The third-order valence-corrected chi connectivity index (χ3v) is 3.72. The van der Waals surface area contributed by atoms with Gasteiger partial charge in [-0.15, -0.1) is 11.3 Å². The number of aliphatic hydroxyl groups is 1. The maximum Gasteiger partial charge on any atom is 0.0900 e.